The van der Waals surface area contributed by atoms with Crippen LogP contribution in [0.3, 0.4) is 0 Å². The van der Waals surface area contributed by atoms with Crippen molar-refractivity contribution in [1.29, 1.82) is 0 Å². The number of carboxylic acid groups (broad SMARTS) is 1. The molecule has 2 heterocycles. The van der Waals surface area contributed by atoms with Crippen LogP contribution >= 0.6 is 0 Å². The predicted octanol–water partition coefficient (Wildman–Crippen LogP) is 0.556. The van der Waals surface area contributed by atoms with Crippen LogP contribution in [-0.2, 0) is 6.42 Å². The van der Waals surface area contributed by atoms with Crippen LogP contribution in [0.25, 0.3) is 5.65 Å². The van der Waals surface area contributed by atoms with E-state index in [1.807, 2.05) is 0 Å². The maximum absolute atomic E-state index is 11.5. The molecular weight excluding hydrogens is 210 g/mol. The highest BCUT2D eigenvalue weighted by Crippen LogP contribution is 2.22. The number of ketones is 1. The molecule has 0 saturated carbocycles. The first kappa shape index (κ1) is 9.02. The Balaban J connectivity index is 2.36. The second-order valence-corrected chi connectivity index (χ2v) is 3.64. The minimum Gasteiger partial charge on any atom is -0.477 e. The second-order valence-electron chi connectivity index (χ2n) is 3.64. The highest BCUT2D eigenvalue weighted by Gasteiger charge is 2.25. The van der Waals surface area contributed by atoms with Crippen molar-refractivity contribution in [1.82, 2.24) is 14.6 Å². The summed E-state index contributed by atoms with van der Waals surface area (Å²) in [7, 11) is 0. The van der Waals surface area contributed by atoms with Gasteiger partial charge >= 0.3 is 5.97 Å². The van der Waals surface area contributed by atoms with Gasteiger partial charge in [0, 0.05) is 12.6 Å². The maximum Gasteiger partial charge on any atom is 0.341 e. The topological polar surface area (TPSA) is 84.6 Å². The molecule has 3 rings (SSSR count). The Morgan fingerprint density at radius 1 is 1.38 bits per heavy atom. The first-order chi connectivity index (χ1) is 7.68. The van der Waals surface area contributed by atoms with Crippen LogP contribution in [0.1, 0.15) is 32.8 Å². The molecule has 0 saturated heterocycles. The molecule has 0 amide bonds. The molecular formula is C10H7N3O3. The fourth-order valence-corrected chi connectivity index (χ4v) is 1.97. The summed E-state index contributed by atoms with van der Waals surface area (Å²) >= 11 is 0. The van der Waals surface area contributed by atoms with Gasteiger partial charge in [-0.25, -0.2) is 14.3 Å². The number of carbonyl (C=O) groups is 2. The Morgan fingerprint density at radius 2 is 2.19 bits per heavy atom. The fraction of sp³-hybridized carbons (Fsp3) is 0.200. The molecule has 2 aromatic heterocycles. The lowest BCUT2D eigenvalue weighted by molar-refractivity contribution is 0.0698. The minimum absolute atomic E-state index is 0.0387. The minimum atomic E-state index is -1.06. The molecule has 2 aromatic rings. The number of aromatic nitrogens is 3. The Morgan fingerprint density at radius 3 is 2.94 bits per heavy atom. The lowest BCUT2D eigenvalue weighted by atomic mass is 10.2. The third kappa shape index (κ3) is 1.01. The van der Waals surface area contributed by atoms with E-state index in [0.717, 1.165) is 5.69 Å². The van der Waals surface area contributed by atoms with Gasteiger partial charge in [-0.15, -0.1) is 0 Å². The van der Waals surface area contributed by atoms with Gasteiger partial charge in [0.15, 0.2) is 11.4 Å². The van der Waals surface area contributed by atoms with E-state index in [0.29, 0.717) is 24.1 Å². The third-order valence-corrected chi connectivity index (χ3v) is 2.75. The molecule has 0 fully saturated rings. The Bertz CT molecular complexity index is 630. The summed E-state index contributed by atoms with van der Waals surface area (Å²) < 4.78 is 1.45. The van der Waals surface area contributed by atoms with Crippen molar-refractivity contribution in [3.05, 3.63) is 29.2 Å². The van der Waals surface area contributed by atoms with Gasteiger partial charge < -0.3 is 5.11 Å². The number of nitrogens with zero attached hydrogens (tertiary/aromatic N) is 3. The van der Waals surface area contributed by atoms with Gasteiger partial charge in [0.1, 0.15) is 5.56 Å². The Labute approximate surface area is 89.5 Å². The van der Waals surface area contributed by atoms with Crippen molar-refractivity contribution in [2.45, 2.75) is 12.8 Å². The number of Topliss-reactive ketones (excluding diaryl/α,β-unsaturated/α-hetero) is 1. The van der Waals surface area contributed by atoms with Crippen molar-refractivity contribution in [2.75, 3.05) is 0 Å². The quantitative estimate of drug-likeness (QED) is 0.754. The normalized spacial score (nSPS) is 14.4. The number of carbonyl (C=O) groups excluding carboxylic acids is 1. The fourth-order valence-electron chi connectivity index (χ4n) is 1.97. The lowest BCUT2D eigenvalue weighted by Gasteiger charge is -2.00. The summed E-state index contributed by atoms with van der Waals surface area (Å²) in [4.78, 5) is 26.3. The number of hydrogen-bond donors (Lipinski definition) is 1. The number of aryl methyl sites for hydroxylation is 1. The molecule has 80 valence electrons. The monoisotopic (exact) mass is 217 g/mol. The van der Waals surface area contributed by atoms with Crippen LogP contribution in [0.2, 0.25) is 0 Å². The maximum atomic E-state index is 11.5. The number of aromatic carboxylic acids is 1. The molecule has 6 heteroatoms. The van der Waals surface area contributed by atoms with Crippen molar-refractivity contribution in [3.63, 3.8) is 0 Å². The van der Waals surface area contributed by atoms with E-state index in [4.69, 9.17) is 5.11 Å². The highest BCUT2D eigenvalue weighted by molar-refractivity contribution is 6.00. The summed E-state index contributed by atoms with van der Waals surface area (Å²) in [6.07, 6.45) is 3.73. The number of hydrogen-bond acceptors (Lipinski definition) is 4. The molecule has 1 N–H and O–H groups in total. The first-order valence-corrected chi connectivity index (χ1v) is 4.80. The van der Waals surface area contributed by atoms with E-state index in [1.165, 1.54) is 16.9 Å². The van der Waals surface area contributed by atoms with E-state index in [1.54, 1.807) is 0 Å². The molecule has 0 aliphatic heterocycles. The highest BCUT2D eigenvalue weighted by atomic mass is 16.4. The molecule has 0 bridgehead atoms. The molecule has 0 atom stereocenters. The standard InChI is InChI=1S/C10H7N3O3/c14-8-2-1-7-5(8)3-11-9-6(10(15)16)4-12-13(7)9/h3-4H,1-2H2,(H,15,16). The van der Waals surface area contributed by atoms with Gasteiger partial charge in [-0.2, -0.15) is 5.10 Å². The van der Waals surface area contributed by atoms with Gasteiger partial charge in [-0.05, 0) is 6.42 Å². The van der Waals surface area contributed by atoms with E-state index >= 15 is 0 Å². The van der Waals surface area contributed by atoms with Crippen LogP contribution in [0.5, 0.6) is 0 Å². The van der Waals surface area contributed by atoms with Crippen molar-refractivity contribution < 1.29 is 14.7 Å². The molecule has 1 aliphatic rings. The second kappa shape index (κ2) is 2.88. The lowest BCUT2D eigenvalue weighted by Crippen LogP contribution is -2.03. The summed E-state index contributed by atoms with van der Waals surface area (Å²) in [6, 6.07) is 0. The van der Waals surface area contributed by atoms with Crippen LogP contribution < -0.4 is 0 Å². The van der Waals surface area contributed by atoms with Gasteiger partial charge in [0.25, 0.3) is 0 Å². The average molecular weight is 217 g/mol. The van der Waals surface area contributed by atoms with Crippen LogP contribution in [-0.4, -0.2) is 31.5 Å². The van der Waals surface area contributed by atoms with Crippen molar-refractivity contribution in [2.24, 2.45) is 0 Å². The van der Waals surface area contributed by atoms with Crippen molar-refractivity contribution in [3.8, 4) is 0 Å². The third-order valence-electron chi connectivity index (χ3n) is 2.75. The Kier molecular flexibility index (Phi) is 1.62. The molecule has 0 aromatic carbocycles. The van der Waals surface area contributed by atoms with E-state index in [9.17, 15) is 9.59 Å². The molecule has 0 unspecified atom stereocenters. The van der Waals surface area contributed by atoms with E-state index < -0.39 is 5.97 Å². The largest absolute Gasteiger partial charge is 0.477 e. The van der Waals surface area contributed by atoms with Crippen LogP contribution in [0, 0.1) is 0 Å². The SMILES string of the molecule is O=C1CCc2c1cnc1c(C(=O)O)cnn21. The number of rotatable bonds is 1. The first-order valence-electron chi connectivity index (χ1n) is 4.80. The van der Waals surface area contributed by atoms with Crippen LogP contribution in [0.4, 0.5) is 0 Å². The Hall–Kier alpha value is -2.24. The zero-order valence-corrected chi connectivity index (χ0v) is 8.17. The summed E-state index contributed by atoms with van der Waals surface area (Å²) in [5, 5.41) is 12.9. The molecule has 16 heavy (non-hydrogen) atoms. The summed E-state index contributed by atoms with van der Waals surface area (Å²) in [6.45, 7) is 0. The average Bonchev–Trinajstić information content (AvgIpc) is 2.81. The number of fused-ring (bicyclic) bond motifs is 3. The number of carboxylic acids is 1. The van der Waals surface area contributed by atoms with Gasteiger partial charge in [-0.1, -0.05) is 0 Å². The molecule has 1 aliphatic carbocycles. The molecule has 0 spiro atoms. The summed E-state index contributed by atoms with van der Waals surface area (Å²) in [5.74, 6) is -1.02. The van der Waals surface area contributed by atoms with E-state index in [2.05, 4.69) is 10.1 Å². The van der Waals surface area contributed by atoms with Gasteiger partial charge in [0.2, 0.25) is 0 Å². The van der Waals surface area contributed by atoms with E-state index in [-0.39, 0.29) is 11.3 Å². The van der Waals surface area contributed by atoms with Crippen LogP contribution in [0.15, 0.2) is 12.4 Å². The zero-order chi connectivity index (χ0) is 11.3. The predicted molar refractivity (Wildman–Crippen MR) is 52.6 cm³/mol. The zero-order valence-electron chi connectivity index (χ0n) is 8.17. The van der Waals surface area contributed by atoms with Crippen molar-refractivity contribution >= 4 is 17.4 Å². The van der Waals surface area contributed by atoms with Gasteiger partial charge in [-0.3, -0.25) is 4.79 Å². The summed E-state index contributed by atoms with van der Waals surface area (Å²) in [5.41, 5.74) is 1.65. The molecule has 6 nitrogen and oxygen atoms in total. The molecule has 0 radical (unpaired) electrons. The smallest absolute Gasteiger partial charge is 0.341 e. The van der Waals surface area contributed by atoms with Gasteiger partial charge in [0.05, 0.1) is 17.5 Å².